The number of nitrogens with zero attached hydrogens (tertiary/aromatic N) is 2. The van der Waals surface area contributed by atoms with Crippen molar-refractivity contribution in [2.24, 2.45) is 5.92 Å². The zero-order chi connectivity index (χ0) is 25.4. The molecule has 3 atom stereocenters. The quantitative estimate of drug-likeness (QED) is 0.559. The van der Waals surface area contributed by atoms with E-state index >= 15 is 0 Å². The van der Waals surface area contributed by atoms with Crippen molar-refractivity contribution in [1.82, 2.24) is 20.1 Å². The van der Waals surface area contributed by atoms with Crippen LogP contribution in [0, 0.1) is 5.92 Å². The standard InChI is InChI=1S/C28H30N4O4/c1-17(2)14-22(30-26(34)20-8-9-21-19(15-20)10-12-29-21)28(36)31-13-11-23-25(31)24(33)16-32(23)27(35)18-6-4-3-5-7-18/h3-10,12,15,17,22-23,25,29H,11,13-14,16H2,1-2H3,(H,30,34)/t22-,23+,25-/m0/s1. The maximum Gasteiger partial charge on any atom is 0.254 e. The van der Waals surface area contributed by atoms with Gasteiger partial charge in [-0.1, -0.05) is 32.0 Å². The lowest BCUT2D eigenvalue weighted by Crippen LogP contribution is -2.53. The van der Waals surface area contributed by atoms with E-state index in [4.69, 9.17) is 0 Å². The molecule has 5 rings (SSSR count). The van der Waals surface area contributed by atoms with Gasteiger partial charge in [-0.3, -0.25) is 19.2 Å². The lowest BCUT2D eigenvalue weighted by molar-refractivity contribution is -0.138. The number of carbonyl (C=O) groups is 4. The van der Waals surface area contributed by atoms with Gasteiger partial charge >= 0.3 is 0 Å². The normalized spacial score (nSPS) is 20.1. The Labute approximate surface area is 209 Å². The molecule has 186 valence electrons. The van der Waals surface area contributed by atoms with Gasteiger partial charge in [-0.05, 0) is 55.2 Å². The van der Waals surface area contributed by atoms with Gasteiger partial charge in [0.15, 0.2) is 5.78 Å². The molecule has 2 saturated heterocycles. The van der Waals surface area contributed by atoms with E-state index < -0.39 is 12.1 Å². The van der Waals surface area contributed by atoms with Gasteiger partial charge in [-0.2, -0.15) is 0 Å². The lowest BCUT2D eigenvalue weighted by Gasteiger charge is -2.29. The van der Waals surface area contributed by atoms with Crippen LogP contribution in [-0.2, 0) is 9.59 Å². The third kappa shape index (κ3) is 4.39. The number of likely N-dealkylation sites (tertiary alicyclic amines) is 2. The average molecular weight is 487 g/mol. The van der Waals surface area contributed by atoms with Crippen LogP contribution in [0.15, 0.2) is 60.8 Å². The molecule has 2 N–H and O–H groups in total. The van der Waals surface area contributed by atoms with Gasteiger partial charge < -0.3 is 20.1 Å². The molecule has 3 heterocycles. The molecule has 1 aromatic heterocycles. The SMILES string of the molecule is CC(C)C[C@H](NC(=O)c1ccc2[nH]ccc2c1)C(=O)N1CC[C@@H]2[C@H]1C(=O)CN2C(=O)c1ccccc1. The predicted molar refractivity (Wildman–Crippen MR) is 135 cm³/mol. The molecule has 2 aromatic carbocycles. The van der Waals surface area contributed by atoms with Crippen LogP contribution in [0.1, 0.15) is 47.4 Å². The average Bonchev–Trinajstić information content (AvgIpc) is 3.59. The van der Waals surface area contributed by atoms with Gasteiger partial charge in [0.1, 0.15) is 12.1 Å². The van der Waals surface area contributed by atoms with Gasteiger partial charge in [-0.15, -0.1) is 0 Å². The summed E-state index contributed by atoms with van der Waals surface area (Å²) in [5, 5.41) is 3.83. The first-order chi connectivity index (χ1) is 17.3. The fourth-order valence-electron chi connectivity index (χ4n) is 5.41. The second kappa shape index (κ2) is 9.60. The number of nitrogens with one attached hydrogen (secondary N) is 2. The second-order valence-corrected chi connectivity index (χ2v) is 10.0. The molecule has 0 saturated carbocycles. The van der Waals surface area contributed by atoms with Crippen molar-refractivity contribution in [1.29, 1.82) is 0 Å². The molecule has 8 heteroatoms. The highest BCUT2D eigenvalue weighted by Gasteiger charge is 2.52. The number of ketones is 1. The number of H-pyrrole nitrogens is 1. The van der Waals surface area contributed by atoms with Crippen molar-refractivity contribution in [2.45, 2.75) is 44.8 Å². The molecular formula is C28H30N4O4. The largest absolute Gasteiger partial charge is 0.361 e. The van der Waals surface area contributed by atoms with Gasteiger partial charge in [0.2, 0.25) is 5.91 Å². The summed E-state index contributed by atoms with van der Waals surface area (Å²) >= 11 is 0. The number of carbonyl (C=O) groups excluding carboxylic acids is 4. The Morgan fingerprint density at radius 3 is 2.56 bits per heavy atom. The first-order valence-electron chi connectivity index (χ1n) is 12.4. The van der Waals surface area contributed by atoms with Crippen molar-refractivity contribution < 1.29 is 19.2 Å². The van der Waals surface area contributed by atoms with E-state index in [1.165, 1.54) is 0 Å². The van der Waals surface area contributed by atoms with Gasteiger partial charge in [0, 0.05) is 34.8 Å². The molecule has 0 unspecified atom stereocenters. The summed E-state index contributed by atoms with van der Waals surface area (Å²) in [4.78, 5) is 59.2. The number of Topliss-reactive ketones (excluding diaryl/α,β-unsaturated/α-hetero) is 1. The summed E-state index contributed by atoms with van der Waals surface area (Å²) < 4.78 is 0. The number of aromatic amines is 1. The second-order valence-electron chi connectivity index (χ2n) is 10.0. The molecule has 0 bridgehead atoms. The molecular weight excluding hydrogens is 456 g/mol. The Bertz CT molecular complexity index is 1320. The van der Waals surface area contributed by atoms with Crippen LogP contribution in [0.5, 0.6) is 0 Å². The van der Waals surface area contributed by atoms with Gasteiger partial charge in [-0.25, -0.2) is 0 Å². The van der Waals surface area contributed by atoms with E-state index in [9.17, 15) is 19.2 Å². The van der Waals surface area contributed by atoms with E-state index in [0.717, 1.165) is 10.9 Å². The number of benzene rings is 2. The summed E-state index contributed by atoms with van der Waals surface area (Å²) in [6.45, 7) is 4.35. The molecule has 0 spiro atoms. The highest BCUT2D eigenvalue weighted by atomic mass is 16.2. The molecule has 3 aromatic rings. The fraction of sp³-hybridized carbons (Fsp3) is 0.357. The van der Waals surface area contributed by atoms with Crippen molar-refractivity contribution in [3.05, 3.63) is 71.9 Å². The molecule has 0 radical (unpaired) electrons. The number of rotatable bonds is 6. The van der Waals surface area contributed by atoms with Crippen LogP contribution >= 0.6 is 0 Å². The van der Waals surface area contributed by atoms with E-state index in [1.807, 2.05) is 38.2 Å². The number of hydrogen-bond acceptors (Lipinski definition) is 4. The Morgan fingerprint density at radius 1 is 1.03 bits per heavy atom. The van der Waals surface area contributed by atoms with E-state index in [-0.39, 0.29) is 42.0 Å². The van der Waals surface area contributed by atoms with Crippen LogP contribution < -0.4 is 5.32 Å². The third-order valence-corrected chi connectivity index (χ3v) is 7.11. The minimum absolute atomic E-state index is 0.00920. The van der Waals surface area contributed by atoms with Crippen LogP contribution in [0.2, 0.25) is 0 Å². The molecule has 3 amide bonds. The topological polar surface area (TPSA) is 103 Å². The summed E-state index contributed by atoms with van der Waals surface area (Å²) in [5.41, 5.74) is 1.93. The van der Waals surface area contributed by atoms with E-state index in [0.29, 0.717) is 30.5 Å². The van der Waals surface area contributed by atoms with Crippen LogP contribution in [0.4, 0.5) is 0 Å². The van der Waals surface area contributed by atoms with Crippen LogP contribution in [-0.4, -0.2) is 69.5 Å². The molecule has 2 fully saturated rings. The highest BCUT2D eigenvalue weighted by molar-refractivity contribution is 6.04. The number of amides is 3. The zero-order valence-electron chi connectivity index (χ0n) is 20.4. The minimum Gasteiger partial charge on any atom is -0.361 e. The maximum absolute atomic E-state index is 13.7. The van der Waals surface area contributed by atoms with Crippen molar-refractivity contribution in [3.8, 4) is 0 Å². The Morgan fingerprint density at radius 2 is 1.81 bits per heavy atom. The highest BCUT2D eigenvalue weighted by Crippen LogP contribution is 2.32. The first kappa shape index (κ1) is 23.8. The van der Waals surface area contributed by atoms with Crippen molar-refractivity contribution in [3.63, 3.8) is 0 Å². The number of aromatic nitrogens is 1. The Balaban J connectivity index is 1.33. The van der Waals surface area contributed by atoms with Crippen LogP contribution in [0.3, 0.4) is 0 Å². The molecule has 0 aliphatic carbocycles. The summed E-state index contributed by atoms with van der Waals surface area (Å²) in [7, 11) is 0. The minimum atomic E-state index is -0.759. The molecule has 2 aliphatic heterocycles. The molecule has 8 nitrogen and oxygen atoms in total. The summed E-state index contributed by atoms with van der Waals surface area (Å²) in [6, 6.07) is 14.4. The number of hydrogen-bond donors (Lipinski definition) is 2. The van der Waals surface area contributed by atoms with Crippen LogP contribution in [0.25, 0.3) is 10.9 Å². The first-order valence-corrected chi connectivity index (χ1v) is 12.4. The maximum atomic E-state index is 13.7. The predicted octanol–water partition coefficient (Wildman–Crippen LogP) is 3.01. The van der Waals surface area contributed by atoms with Gasteiger partial charge in [0.05, 0.1) is 12.6 Å². The third-order valence-electron chi connectivity index (χ3n) is 7.11. The smallest absolute Gasteiger partial charge is 0.254 e. The van der Waals surface area contributed by atoms with Gasteiger partial charge in [0.25, 0.3) is 11.8 Å². The van der Waals surface area contributed by atoms with Crippen molar-refractivity contribution in [2.75, 3.05) is 13.1 Å². The van der Waals surface area contributed by atoms with E-state index in [2.05, 4.69) is 10.3 Å². The lowest BCUT2D eigenvalue weighted by atomic mass is 10.0. The zero-order valence-corrected chi connectivity index (χ0v) is 20.4. The fourth-order valence-corrected chi connectivity index (χ4v) is 5.41. The summed E-state index contributed by atoms with van der Waals surface area (Å²) in [5.74, 6) is -0.776. The molecule has 2 aliphatic rings. The number of fused-ring (bicyclic) bond motifs is 2. The summed E-state index contributed by atoms with van der Waals surface area (Å²) in [6.07, 6.45) is 2.80. The Hall–Kier alpha value is -3.94. The Kier molecular flexibility index (Phi) is 6.35. The van der Waals surface area contributed by atoms with E-state index in [1.54, 1.807) is 46.2 Å². The van der Waals surface area contributed by atoms with Crippen molar-refractivity contribution >= 4 is 34.4 Å². The molecule has 36 heavy (non-hydrogen) atoms. The monoisotopic (exact) mass is 486 g/mol.